The quantitative estimate of drug-likeness (QED) is 0.488. The van der Waals surface area contributed by atoms with Crippen LogP contribution in [0.2, 0.25) is 0 Å². The van der Waals surface area contributed by atoms with Gasteiger partial charge in [0.2, 0.25) is 5.82 Å². The van der Waals surface area contributed by atoms with E-state index in [0.29, 0.717) is 23.9 Å². The Bertz CT molecular complexity index is 1170. The van der Waals surface area contributed by atoms with Crippen LogP contribution in [-0.2, 0) is 11.3 Å². The molecule has 0 amide bonds. The number of furan rings is 1. The number of hydrogen-bond donors (Lipinski definition) is 2. The second-order valence-electron chi connectivity index (χ2n) is 7.26. The first kappa shape index (κ1) is 18.6. The smallest absolute Gasteiger partial charge is 0.255 e. The van der Waals surface area contributed by atoms with Gasteiger partial charge in [-0.3, -0.25) is 4.90 Å². The van der Waals surface area contributed by atoms with Crippen molar-refractivity contribution in [3.8, 4) is 17.3 Å². The standard InChI is InChI=1S/C21H22N6O3/c1-14-11-19(27-21(22-14)24-20(25-27)18-3-2-8-30-18)23-16-4-5-17(28)15(12-16)13-26-6-9-29-10-7-26/h2-5,8,11-12,23,28H,6-7,9-10,13H2,1H3. The van der Waals surface area contributed by atoms with Crippen molar-refractivity contribution in [3.63, 3.8) is 0 Å². The molecule has 0 aliphatic carbocycles. The van der Waals surface area contributed by atoms with Gasteiger partial charge >= 0.3 is 0 Å². The zero-order valence-electron chi connectivity index (χ0n) is 16.6. The first-order chi connectivity index (χ1) is 14.7. The molecule has 1 aliphatic heterocycles. The molecule has 9 heteroatoms. The first-order valence-corrected chi connectivity index (χ1v) is 9.83. The fraction of sp³-hybridized carbons (Fsp3) is 0.286. The lowest BCUT2D eigenvalue weighted by Crippen LogP contribution is -2.35. The predicted octanol–water partition coefficient (Wildman–Crippen LogP) is 2.97. The third-order valence-electron chi connectivity index (χ3n) is 5.03. The van der Waals surface area contributed by atoms with Crippen LogP contribution in [-0.4, -0.2) is 55.9 Å². The van der Waals surface area contributed by atoms with Gasteiger partial charge < -0.3 is 19.6 Å². The molecule has 1 aromatic carbocycles. The largest absolute Gasteiger partial charge is 0.508 e. The van der Waals surface area contributed by atoms with Crippen molar-refractivity contribution < 1.29 is 14.3 Å². The van der Waals surface area contributed by atoms with Crippen molar-refractivity contribution >= 4 is 17.3 Å². The van der Waals surface area contributed by atoms with Gasteiger partial charge in [-0.2, -0.15) is 9.50 Å². The molecule has 1 aliphatic rings. The number of nitrogens with one attached hydrogen (secondary N) is 1. The number of aryl methyl sites for hydroxylation is 1. The highest BCUT2D eigenvalue weighted by Crippen LogP contribution is 2.27. The highest BCUT2D eigenvalue weighted by Gasteiger charge is 2.15. The number of phenolic OH excluding ortho intramolecular Hbond substituents is 1. The Morgan fingerprint density at radius 3 is 2.80 bits per heavy atom. The third kappa shape index (κ3) is 3.72. The molecule has 3 aromatic heterocycles. The Morgan fingerprint density at radius 1 is 1.13 bits per heavy atom. The van der Waals surface area contributed by atoms with E-state index in [1.165, 1.54) is 0 Å². The lowest BCUT2D eigenvalue weighted by molar-refractivity contribution is 0.0339. The Hall–Kier alpha value is -3.43. The van der Waals surface area contributed by atoms with Gasteiger partial charge in [-0.25, -0.2) is 4.98 Å². The van der Waals surface area contributed by atoms with E-state index in [0.717, 1.165) is 49.1 Å². The average molecular weight is 406 g/mol. The first-order valence-electron chi connectivity index (χ1n) is 9.83. The number of anilines is 2. The predicted molar refractivity (Wildman–Crippen MR) is 111 cm³/mol. The second-order valence-corrected chi connectivity index (χ2v) is 7.26. The fourth-order valence-corrected chi connectivity index (χ4v) is 3.52. The minimum atomic E-state index is 0.281. The number of hydrogen-bond acceptors (Lipinski definition) is 8. The zero-order chi connectivity index (χ0) is 20.5. The van der Waals surface area contributed by atoms with Crippen LogP contribution in [0, 0.1) is 6.92 Å². The number of benzene rings is 1. The molecule has 1 fully saturated rings. The number of fused-ring (bicyclic) bond motifs is 1. The molecular formula is C21H22N6O3. The lowest BCUT2D eigenvalue weighted by atomic mass is 10.1. The molecular weight excluding hydrogens is 384 g/mol. The van der Waals surface area contributed by atoms with Gasteiger partial charge in [0.05, 0.1) is 19.5 Å². The molecule has 30 heavy (non-hydrogen) atoms. The van der Waals surface area contributed by atoms with E-state index in [1.54, 1.807) is 22.9 Å². The van der Waals surface area contributed by atoms with Crippen LogP contribution in [0.5, 0.6) is 5.75 Å². The van der Waals surface area contributed by atoms with Gasteiger partial charge in [0.1, 0.15) is 11.6 Å². The van der Waals surface area contributed by atoms with Crippen LogP contribution in [0.4, 0.5) is 11.5 Å². The Balaban J connectivity index is 1.45. The SMILES string of the molecule is Cc1cc(Nc2ccc(O)c(CN3CCOCC3)c2)n2nc(-c3ccco3)nc2n1. The van der Waals surface area contributed by atoms with Crippen molar-refractivity contribution in [2.75, 3.05) is 31.6 Å². The van der Waals surface area contributed by atoms with Crippen molar-refractivity contribution in [1.82, 2.24) is 24.5 Å². The second kappa shape index (κ2) is 7.77. The number of aromatic hydroxyl groups is 1. The van der Waals surface area contributed by atoms with Gasteiger partial charge in [-0.15, -0.1) is 5.10 Å². The molecule has 0 bridgehead atoms. The normalized spacial score (nSPS) is 15.0. The summed E-state index contributed by atoms with van der Waals surface area (Å²) in [5.74, 6) is 2.55. The van der Waals surface area contributed by atoms with Crippen molar-refractivity contribution in [2.45, 2.75) is 13.5 Å². The maximum Gasteiger partial charge on any atom is 0.255 e. The van der Waals surface area contributed by atoms with Crippen LogP contribution < -0.4 is 5.32 Å². The molecule has 2 N–H and O–H groups in total. The summed E-state index contributed by atoms with van der Waals surface area (Å²) in [4.78, 5) is 11.2. The van der Waals surface area contributed by atoms with Crippen molar-refractivity contribution in [2.24, 2.45) is 0 Å². The maximum atomic E-state index is 10.3. The molecule has 9 nitrogen and oxygen atoms in total. The molecule has 0 atom stereocenters. The summed E-state index contributed by atoms with van der Waals surface area (Å²) in [6.07, 6.45) is 1.59. The molecule has 4 aromatic rings. The molecule has 1 saturated heterocycles. The van der Waals surface area contributed by atoms with E-state index in [1.807, 2.05) is 31.2 Å². The molecule has 0 saturated carbocycles. The van der Waals surface area contributed by atoms with E-state index in [2.05, 4.69) is 25.3 Å². The Morgan fingerprint density at radius 2 is 2.00 bits per heavy atom. The van der Waals surface area contributed by atoms with E-state index in [9.17, 15) is 5.11 Å². The molecule has 0 unspecified atom stereocenters. The summed E-state index contributed by atoms with van der Waals surface area (Å²) in [6, 6.07) is 11.0. The summed E-state index contributed by atoms with van der Waals surface area (Å²) in [7, 11) is 0. The Kier molecular flexibility index (Phi) is 4.82. The lowest BCUT2D eigenvalue weighted by Gasteiger charge is -2.27. The van der Waals surface area contributed by atoms with E-state index >= 15 is 0 Å². The minimum absolute atomic E-state index is 0.281. The zero-order valence-corrected chi connectivity index (χ0v) is 16.6. The van der Waals surface area contributed by atoms with Gasteiger partial charge in [0.15, 0.2) is 5.76 Å². The highest BCUT2D eigenvalue weighted by molar-refractivity contribution is 5.62. The number of phenols is 1. The van der Waals surface area contributed by atoms with E-state index in [-0.39, 0.29) is 5.75 Å². The van der Waals surface area contributed by atoms with Gasteiger partial charge in [0.25, 0.3) is 5.78 Å². The van der Waals surface area contributed by atoms with Crippen LogP contribution in [0.1, 0.15) is 11.3 Å². The molecule has 5 rings (SSSR count). The monoisotopic (exact) mass is 406 g/mol. The van der Waals surface area contributed by atoms with Gasteiger partial charge in [-0.05, 0) is 37.3 Å². The summed E-state index contributed by atoms with van der Waals surface area (Å²) in [6.45, 7) is 5.73. The highest BCUT2D eigenvalue weighted by atomic mass is 16.5. The number of ether oxygens (including phenoxy) is 1. The molecule has 0 spiro atoms. The summed E-state index contributed by atoms with van der Waals surface area (Å²) in [5, 5.41) is 18.3. The topological polar surface area (TPSA) is 101 Å². The van der Waals surface area contributed by atoms with Gasteiger partial charge in [0, 0.05) is 42.6 Å². The molecule has 154 valence electrons. The number of aromatic nitrogens is 4. The molecule has 0 radical (unpaired) electrons. The molecule has 4 heterocycles. The summed E-state index contributed by atoms with van der Waals surface area (Å²) < 4.78 is 12.5. The average Bonchev–Trinajstić information content (AvgIpc) is 3.41. The van der Waals surface area contributed by atoms with E-state index < -0.39 is 0 Å². The van der Waals surface area contributed by atoms with Crippen LogP contribution in [0.15, 0.2) is 47.1 Å². The van der Waals surface area contributed by atoms with Crippen molar-refractivity contribution in [1.29, 1.82) is 0 Å². The third-order valence-corrected chi connectivity index (χ3v) is 5.03. The van der Waals surface area contributed by atoms with Crippen LogP contribution >= 0.6 is 0 Å². The van der Waals surface area contributed by atoms with Crippen LogP contribution in [0.3, 0.4) is 0 Å². The van der Waals surface area contributed by atoms with Crippen molar-refractivity contribution in [3.05, 3.63) is 53.9 Å². The number of morpholine rings is 1. The summed E-state index contributed by atoms with van der Waals surface area (Å²) >= 11 is 0. The van der Waals surface area contributed by atoms with Crippen LogP contribution in [0.25, 0.3) is 17.4 Å². The number of rotatable bonds is 5. The summed E-state index contributed by atoms with van der Waals surface area (Å²) in [5.41, 5.74) is 2.52. The minimum Gasteiger partial charge on any atom is -0.508 e. The van der Waals surface area contributed by atoms with Gasteiger partial charge in [-0.1, -0.05) is 0 Å². The Labute approximate surface area is 172 Å². The fourth-order valence-electron chi connectivity index (χ4n) is 3.52. The maximum absolute atomic E-state index is 10.3. The number of nitrogens with zero attached hydrogens (tertiary/aromatic N) is 5. The van der Waals surface area contributed by atoms with E-state index in [4.69, 9.17) is 9.15 Å².